The van der Waals surface area contributed by atoms with Gasteiger partial charge in [0.15, 0.2) is 0 Å². The maximum atomic E-state index is 12.4. The van der Waals surface area contributed by atoms with Crippen LogP contribution in [0.5, 0.6) is 0 Å². The fourth-order valence-electron chi connectivity index (χ4n) is 2.62. The molecule has 0 fully saturated rings. The van der Waals surface area contributed by atoms with E-state index in [1.165, 1.54) is 32.1 Å². The van der Waals surface area contributed by atoms with Crippen LogP contribution in [0.1, 0.15) is 104 Å². The smallest absolute Gasteiger partial charge is 0.333 e. The van der Waals surface area contributed by atoms with E-state index < -0.39 is 0 Å². The first-order chi connectivity index (χ1) is 12.8. The lowest BCUT2D eigenvalue weighted by atomic mass is 10.1. The quantitative estimate of drug-likeness (QED) is 0.115. The number of hydrogen-bond donors (Lipinski definition) is 0. The maximum Gasteiger partial charge on any atom is 0.333 e. The minimum atomic E-state index is -0.110. The highest BCUT2D eigenvalue weighted by Gasteiger charge is 2.09. The lowest BCUT2D eigenvalue weighted by Crippen LogP contribution is -2.09. The van der Waals surface area contributed by atoms with Crippen molar-refractivity contribution in [2.24, 2.45) is 0 Å². The van der Waals surface area contributed by atoms with E-state index in [0.717, 1.165) is 56.9 Å². The standard InChI is InChI=1S/C24H42O2/c1-4-7-10-13-15-18-21-23(20-17-12-9-6-3)24(25)26-22-19-16-14-11-8-5-2/h11,13-15,20H,4-10,12,16-19,21-22H2,1-3H3. The van der Waals surface area contributed by atoms with E-state index >= 15 is 0 Å². The van der Waals surface area contributed by atoms with Gasteiger partial charge in [-0.1, -0.05) is 83.3 Å². The van der Waals surface area contributed by atoms with Crippen molar-refractivity contribution in [2.75, 3.05) is 6.61 Å². The Hall–Kier alpha value is -1.31. The Balaban J connectivity index is 4.25. The lowest BCUT2D eigenvalue weighted by Gasteiger charge is -2.08. The third kappa shape index (κ3) is 16.2. The maximum absolute atomic E-state index is 12.4. The van der Waals surface area contributed by atoms with E-state index in [0.29, 0.717) is 6.61 Å². The largest absolute Gasteiger partial charge is 0.462 e. The minimum Gasteiger partial charge on any atom is -0.462 e. The second-order valence-electron chi connectivity index (χ2n) is 6.92. The van der Waals surface area contributed by atoms with Gasteiger partial charge in [-0.3, -0.25) is 0 Å². The van der Waals surface area contributed by atoms with Gasteiger partial charge < -0.3 is 4.74 Å². The molecule has 0 aliphatic heterocycles. The van der Waals surface area contributed by atoms with E-state index in [9.17, 15) is 4.79 Å². The first-order valence-electron chi connectivity index (χ1n) is 10.9. The second kappa shape index (κ2) is 20.0. The summed E-state index contributed by atoms with van der Waals surface area (Å²) in [6, 6.07) is 0. The number of carbonyl (C=O) groups excluding carboxylic acids is 1. The summed E-state index contributed by atoms with van der Waals surface area (Å²) < 4.78 is 5.50. The van der Waals surface area contributed by atoms with Crippen LogP contribution in [0.25, 0.3) is 0 Å². The van der Waals surface area contributed by atoms with Crippen molar-refractivity contribution in [1.29, 1.82) is 0 Å². The molecule has 0 aliphatic carbocycles. The Morgan fingerprint density at radius 3 is 2.04 bits per heavy atom. The Morgan fingerprint density at radius 1 is 0.692 bits per heavy atom. The van der Waals surface area contributed by atoms with Crippen LogP contribution in [0.4, 0.5) is 0 Å². The van der Waals surface area contributed by atoms with Crippen LogP contribution in [0, 0.1) is 0 Å². The molecule has 0 bridgehead atoms. The summed E-state index contributed by atoms with van der Waals surface area (Å²) in [4.78, 5) is 12.4. The average molecular weight is 363 g/mol. The lowest BCUT2D eigenvalue weighted by molar-refractivity contribution is -0.139. The van der Waals surface area contributed by atoms with Gasteiger partial charge in [0.2, 0.25) is 0 Å². The predicted octanol–water partition coefficient (Wildman–Crippen LogP) is 7.70. The van der Waals surface area contributed by atoms with Gasteiger partial charge in [0, 0.05) is 5.57 Å². The molecule has 0 saturated heterocycles. The van der Waals surface area contributed by atoms with Gasteiger partial charge in [0.1, 0.15) is 0 Å². The van der Waals surface area contributed by atoms with Gasteiger partial charge in [0.25, 0.3) is 0 Å². The minimum absolute atomic E-state index is 0.110. The summed E-state index contributed by atoms with van der Waals surface area (Å²) in [7, 11) is 0. The van der Waals surface area contributed by atoms with E-state index in [1.807, 2.05) is 0 Å². The van der Waals surface area contributed by atoms with Crippen LogP contribution < -0.4 is 0 Å². The molecule has 0 aliphatic rings. The van der Waals surface area contributed by atoms with Gasteiger partial charge >= 0.3 is 5.97 Å². The fourth-order valence-corrected chi connectivity index (χ4v) is 2.62. The number of allylic oxidation sites excluding steroid dienone is 5. The van der Waals surface area contributed by atoms with E-state index in [2.05, 4.69) is 51.2 Å². The molecule has 2 heteroatoms. The third-order valence-corrected chi connectivity index (χ3v) is 4.30. The van der Waals surface area contributed by atoms with Crippen molar-refractivity contribution >= 4 is 5.97 Å². The van der Waals surface area contributed by atoms with Crippen LogP contribution in [0.2, 0.25) is 0 Å². The molecule has 0 rings (SSSR count). The summed E-state index contributed by atoms with van der Waals surface area (Å²) in [5, 5.41) is 0. The molecular weight excluding hydrogens is 320 g/mol. The van der Waals surface area contributed by atoms with Crippen molar-refractivity contribution in [3.05, 3.63) is 36.0 Å². The zero-order valence-electron chi connectivity index (χ0n) is 17.6. The summed E-state index contributed by atoms with van der Waals surface area (Å²) >= 11 is 0. The van der Waals surface area contributed by atoms with Crippen LogP contribution in [0.3, 0.4) is 0 Å². The first-order valence-corrected chi connectivity index (χ1v) is 10.9. The summed E-state index contributed by atoms with van der Waals surface area (Å²) in [6.07, 6.45) is 25.1. The van der Waals surface area contributed by atoms with Crippen molar-refractivity contribution in [2.45, 2.75) is 104 Å². The molecule has 26 heavy (non-hydrogen) atoms. The van der Waals surface area contributed by atoms with Crippen LogP contribution in [0.15, 0.2) is 36.0 Å². The number of hydrogen-bond acceptors (Lipinski definition) is 2. The van der Waals surface area contributed by atoms with E-state index in [4.69, 9.17) is 4.74 Å². The summed E-state index contributed by atoms with van der Waals surface area (Å²) in [6.45, 7) is 7.11. The van der Waals surface area contributed by atoms with Gasteiger partial charge in [0.05, 0.1) is 6.61 Å². The molecular formula is C24H42O2. The van der Waals surface area contributed by atoms with Gasteiger partial charge in [-0.15, -0.1) is 0 Å². The van der Waals surface area contributed by atoms with Crippen LogP contribution in [-0.2, 0) is 9.53 Å². The highest BCUT2D eigenvalue weighted by Crippen LogP contribution is 2.13. The second-order valence-corrected chi connectivity index (χ2v) is 6.92. The normalized spacial score (nSPS) is 12.3. The summed E-state index contributed by atoms with van der Waals surface area (Å²) in [5.41, 5.74) is 0.864. The molecule has 0 amide bonds. The number of esters is 1. The van der Waals surface area contributed by atoms with Crippen molar-refractivity contribution < 1.29 is 9.53 Å². The number of ether oxygens (including phenoxy) is 1. The topological polar surface area (TPSA) is 26.3 Å². The molecule has 0 heterocycles. The molecule has 0 aromatic heterocycles. The average Bonchev–Trinajstić information content (AvgIpc) is 2.65. The van der Waals surface area contributed by atoms with Gasteiger partial charge in [-0.05, 0) is 51.4 Å². The third-order valence-electron chi connectivity index (χ3n) is 4.30. The van der Waals surface area contributed by atoms with Crippen LogP contribution >= 0.6 is 0 Å². The highest BCUT2D eigenvalue weighted by molar-refractivity contribution is 5.88. The molecule has 0 spiro atoms. The van der Waals surface area contributed by atoms with Crippen LogP contribution in [-0.4, -0.2) is 12.6 Å². The van der Waals surface area contributed by atoms with E-state index in [-0.39, 0.29) is 5.97 Å². The molecule has 150 valence electrons. The molecule has 2 nitrogen and oxygen atoms in total. The molecule has 0 aromatic carbocycles. The Bertz CT molecular complexity index is 404. The predicted molar refractivity (Wildman–Crippen MR) is 114 cm³/mol. The Labute approximate surface area is 162 Å². The molecule has 0 unspecified atom stereocenters. The van der Waals surface area contributed by atoms with Crippen molar-refractivity contribution in [3.63, 3.8) is 0 Å². The molecule has 0 aromatic rings. The monoisotopic (exact) mass is 362 g/mol. The fraction of sp³-hybridized carbons (Fsp3) is 0.708. The first kappa shape index (κ1) is 24.7. The molecule has 0 N–H and O–H groups in total. The number of carbonyl (C=O) groups is 1. The number of unbranched alkanes of at least 4 members (excludes halogenated alkanes) is 7. The van der Waals surface area contributed by atoms with Gasteiger partial charge in [-0.25, -0.2) is 4.79 Å². The highest BCUT2D eigenvalue weighted by atomic mass is 16.5. The zero-order valence-corrected chi connectivity index (χ0v) is 17.6. The Morgan fingerprint density at radius 2 is 1.35 bits per heavy atom. The SMILES string of the molecule is CCCC=CCCCOC(=O)C(=CCCCCC)CCC=CCCCC. The zero-order chi connectivity index (χ0) is 19.3. The molecule has 0 radical (unpaired) electrons. The number of rotatable bonds is 17. The van der Waals surface area contributed by atoms with Gasteiger partial charge in [-0.2, -0.15) is 0 Å². The summed E-state index contributed by atoms with van der Waals surface area (Å²) in [5.74, 6) is -0.110. The molecule has 0 saturated carbocycles. The van der Waals surface area contributed by atoms with Crippen molar-refractivity contribution in [1.82, 2.24) is 0 Å². The Kier molecular flexibility index (Phi) is 19.0. The molecule has 0 atom stereocenters. The van der Waals surface area contributed by atoms with E-state index in [1.54, 1.807) is 0 Å². The van der Waals surface area contributed by atoms with Crippen molar-refractivity contribution in [3.8, 4) is 0 Å².